The van der Waals surface area contributed by atoms with Crippen LogP contribution in [0.5, 0.6) is 0 Å². The van der Waals surface area contributed by atoms with Gasteiger partial charge in [-0.15, -0.1) is 0 Å². The second-order valence-electron chi connectivity index (χ2n) is 6.21. The van der Waals surface area contributed by atoms with E-state index in [0.717, 1.165) is 25.9 Å². The SMILES string of the molecule is COCO[C@@H]1[C@@H](OCOC)CN2CC[C@@H](OC(=S)n3ccnc3)C[C@@H]12. The number of ether oxygens (including phenoxy) is 5. The Morgan fingerprint density at radius 2 is 2.04 bits per heavy atom. The van der Waals surface area contributed by atoms with E-state index in [9.17, 15) is 0 Å². The molecule has 1 aromatic rings. The molecule has 25 heavy (non-hydrogen) atoms. The molecule has 2 aliphatic rings. The zero-order valence-corrected chi connectivity index (χ0v) is 15.4. The maximum Gasteiger partial charge on any atom is 0.269 e. The van der Waals surface area contributed by atoms with Crippen LogP contribution < -0.4 is 0 Å². The van der Waals surface area contributed by atoms with Crippen LogP contribution in [-0.2, 0) is 23.7 Å². The van der Waals surface area contributed by atoms with Crippen molar-refractivity contribution in [1.82, 2.24) is 14.5 Å². The predicted octanol–water partition coefficient (Wildman–Crippen LogP) is 0.858. The highest BCUT2D eigenvalue weighted by atomic mass is 32.1. The molecule has 0 aromatic carbocycles. The standard InChI is InChI=1S/C16H25N3O5S/c1-20-10-22-14-8-18-5-3-12(7-13(18)15(14)23-11-21-2)24-16(25)19-6-4-17-9-19/h4,6,9,12-15H,3,5,7-8,10-11H2,1-2H3/t12-,13+,14+,15+/m1/s1. The Labute approximate surface area is 152 Å². The molecule has 0 aliphatic carbocycles. The summed E-state index contributed by atoms with van der Waals surface area (Å²) >= 11 is 5.35. The average Bonchev–Trinajstić information content (AvgIpc) is 3.26. The van der Waals surface area contributed by atoms with Crippen molar-refractivity contribution in [2.75, 3.05) is 40.9 Å². The molecule has 0 saturated carbocycles. The van der Waals surface area contributed by atoms with Gasteiger partial charge in [-0.3, -0.25) is 9.47 Å². The molecular formula is C16H25N3O5S. The molecular weight excluding hydrogens is 346 g/mol. The number of thiocarbonyl (C=S) groups is 1. The van der Waals surface area contributed by atoms with Crippen molar-refractivity contribution >= 4 is 17.4 Å². The third-order valence-corrected chi connectivity index (χ3v) is 4.94. The van der Waals surface area contributed by atoms with Gasteiger partial charge < -0.3 is 23.7 Å². The molecule has 140 valence electrons. The van der Waals surface area contributed by atoms with E-state index in [1.807, 2.05) is 0 Å². The highest BCUT2D eigenvalue weighted by molar-refractivity contribution is 7.80. The Bertz CT molecular complexity index is 544. The second-order valence-corrected chi connectivity index (χ2v) is 6.56. The minimum atomic E-state index is -0.0803. The van der Waals surface area contributed by atoms with Crippen LogP contribution in [0.15, 0.2) is 18.7 Å². The first-order valence-corrected chi connectivity index (χ1v) is 8.77. The van der Waals surface area contributed by atoms with Gasteiger partial charge in [-0.05, 0) is 18.6 Å². The number of rotatable bonds is 7. The summed E-state index contributed by atoms with van der Waals surface area (Å²) in [6.07, 6.45) is 6.78. The van der Waals surface area contributed by atoms with E-state index in [1.165, 1.54) is 0 Å². The molecule has 1 aromatic heterocycles. The fraction of sp³-hybridized carbons (Fsp3) is 0.750. The maximum atomic E-state index is 5.99. The fourth-order valence-electron chi connectivity index (χ4n) is 3.51. The highest BCUT2D eigenvalue weighted by Crippen LogP contribution is 2.32. The number of aromatic nitrogens is 2. The minimum absolute atomic E-state index is 0.0422. The molecule has 0 unspecified atom stereocenters. The van der Waals surface area contributed by atoms with Crippen molar-refractivity contribution < 1.29 is 23.7 Å². The zero-order chi connectivity index (χ0) is 17.6. The normalized spacial score (nSPS) is 29.5. The molecule has 0 N–H and O–H groups in total. The van der Waals surface area contributed by atoms with Crippen molar-refractivity contribution in [1.29, 1.82) is 0 Å². The summed E-state index contributed by atoms with van der Waals surface area (Å²) in [5.74, 6) is 0. The molecule has 2 saturated heterocycles. The van der Waals surface area contributed by atoms with Crippen LogP contribution in [0.2, 0.25) is 0 Å². The topological polar surface area (TPSA) is 67.2 Å². The molecule has 3 rings (SSSR count). The lowest BCUT2D eigenvalue weighted by molar-refractivity contribution is -0.149. The summed E-state index contributed by atoms with van der Waals surface area (Å²) < 4.78 is 29.5. The van der Waals surface area contributed by atoms with Crippen molar-refractivity contribution in [3.05, 3.63) is 18.7 Å². The quantitative estimate of drug-likeness (QED) is 0.516. The summed E-state index contributed by atoms with van der Waals surface area (Å²) in [4.78, 5) is 6.39. The Balaban J connectivity index is 1.61. The number of methoxy groups -OCH3 is 2. The van der Waals surface area contributed by atoms with Crippen LogP contribution in [0.1, 0.15) is 12.8 Å². The predicted molar refractivity (Wildman–Crippen MR) is 93.2 cm³/mol. The Hall–Kier alpha value is -1.10. The van der Waals surface area contributed by atoms with Gasteiger partial charge in [-0.25, -0.2) is 4.98 Å². The molecule has 2 aliphatic heterocycles. The van der Waals surface area contributed by atoms with Crippen LogP contribution in [0, 0.1) is 0 Å². The Kier molecular flexibility index (Phi) is 6.74. The zero-order valence-electron chi connectivity index (χ0n) is 14.6. The lowest BCUT2D eigenvalue weighted by Gasteiger charge is -2.36. The Morgan fingerprint density at radius 1 is 1.24 bits per heavy atom. The van der Waals surface area contributed by atoms with Crippen LogP contribution in [0.4, 0.5) is 0 Å². The molecule has 0 spiro atoms. The average molecular weight is 371 g/mol. The fourth-order valence-corrected chi connectivity index (χ4v) is 3.75. The monoisotopic (exact) mass is 371 g/mol. The maximum absolute atomic E-state index is 5.99. The lowest BCUT2D eigenvalue weighted by Crippen LogP contribution is -2.46. The van der Waals surface area contributed by atoms with Crippen LogP contribution in [0.3, 0.4) is 0 Å². The molecule has 8 nitrogen and oxygen atoms in total. The Morgan fingerprint density at radius 3 is 2.76 bits per heavy atom. The van der Waals surface area contributed by atoms with E-state index in [0.29, 0.717) is 5.17 Å². The van der Waals surface area contributed by atoms with Crippen molar-refractivity contribution in [2.45, 2.75) is 37.2 Å². The molecule has 2 fully saturated rings. The van der Waals surface area contributed by atoms with E-state index >= 15 is 0 Å². The number of hydrogen-bond acceptors (Lipinski definition) is 8. The smallest absolute Gasteiger partial charge is 0.269 e. The lowest BCUT2D eigenvalue weighted by atomic mass is 9.97. The van der Waals surface area contributed by atoms with Gasteiger partial charge in [0.1, 0.15) is 38.2 Å². The minimum Gasteiger partial charge on any atom is -0.467 e. The first-order chi connectivity index (χ1) is 12.2. The number of fused-ring (bicyclic) bond motifs is 1. The van der Waals surface area contributed by atoms with E-state index in [1.54, 1.807) is 37.5 Å². The highest BCUT2D eigenvalue weighted by Gasteiger charge is 2.46. The van der Waals surface area contributed by atoms with Crippen LogP contribution in [-0.4, -0.2) is 84.9 Å². The largest absolute Gasteiger partial charge is 0.467 e. The van der Waals surface area contributed by atoms with Gasteiger partial charge in [0.25, 0.3) is 5.17 Å². The third kappa shape index (κ3) is 4.55. The summed E-state index contributed by atoms with van der Waals surface area (Å²) in [6, 6.07) is 0.210. The van der Waals surface area contributed by atoms with Gasteiger partial charge in [0.15, 0.2) is 0 Å². The van der Waals surface area contributed by atoms with Gasteiger partial charge in [-0.2, -0.15) is 0 Å². The van der Waals surface area contributed by atoms with Crippen molar-refractivity contribution in [2.24, 2.45) is 0 Å². The van der Waals surface area contributed by atoms with Crippen molar-refractivity contribution in [3.63, 3.8) is 0 Å². The van der Waals surface area contributed by atoms with Gasteiger partial charge in [-0.1, -0.05) is 0 Å². The van der Waals surface area contributed by atoms with Gasteiger partial charge in [0, 0.05) is 52.2 Å². The summed E-state index contributed by atoms with van der Waals surface area (Å²) in [5, 5.41) is 0.426. The van der Waals surface area contributed by atoms with Crippen LogP contribution >= 0.6 is 12.2 Å². The molecule has 0 radical (unpaired) electrons. The molecule has 4 atom stereocenters. The number of nitrogens with zero attached hydrogens (tertiary/aromatic N) is 3. The summed E-state index contributed by atoms with van der Waals surface area (Å²) in [6.45, 7) is 2.23. The van der Waals surface area contributed by atoms with Gasteiger partial charge in [0.05, 0.1) is 0 Å². The molecule has 9 heteroatoms. The number of piperidine rings is 1. The van der Waals surface area contributed by atoms with E-state index in [-0.39, 0.29) is 37.9 Å². The van der Waals surface area contributed by atoms with E-state index in [4.69, 9.17) is 35.9 Å². The number of hydrogen-bond donors (Lipinski definition) is 0. The van der Waals surface area contributed by atoms with Crippen molar-refractivity contribution in [3.8, 4) is 0 Å². The summed E-state index contributed by atoms with van der Waals surface area (Å²) in [5.41, 5.74) is 0. The first-order valence-electron chi connectivity index (χ1n) is 8.37. The van der Waals surface area contributed by atoms with Crippen LogP contribution in [0.25, 0.3) is 0 Å². The molecule has 0 bridgehead atoms. The molecule has 0 amide bonds. The third-order valence-electron chi connectivity index (χ3n) is 4.63. The van der Waals surface area contributed by atoms with Gasteiger partial charge >= 0.3 is 0 Å². The van der Waals surface area contributed by atoms with E-state index in [2.05, 4.69) is 9.88 Å². The second kappa shape index (κ2) is 9.02. The molecule has 3 heterocycles. The van der Waals surface area contributed by atoms with Gasteiger partial charge in [0.2, 0.25) is 0 Å². The van der Waals surface area contributed by atoms with E-state index < -0.39 is 0 Å². The summed E-state index contributed by atoms with van der Waals surface area (Å²) in [7, 11) is 3.24. The number of imidazole rings is 1. The first kappa shape index (κ1) is 18.7.